The number of carbonyl (C=O) groups is 1. The average molecular weight is 302 g/mol. The maximum Gasteiger partial charge on any atom is 0.251 e. The van der Waals surface area contributed by atoms with Crippen molar-refractivity contribution in [1.29, 1.82) is 0 Å². The minimum atomic E-state index is 0.0191. The van der Waals surface area contributed by atoms with Gasteiger partial charge in [0.2, 0.25) is 0 Å². The first-order chi connectivity index (χ1) is 10.7. The molecule has 4 N–H and O–H groups in total. The molecule has 22 heavy (non-hydrogen) atoms. The number of nitrogen functional groups attached to an aromatic ring is 1. The molecule has 5 nitrogen and oxygen atoms in total. The smallest absolute Gasteiger partial charge is 0.251 e. The molecule has 1 aromatic carbocycles. The van der Waals surface area contributed by atoms with Gasteiger partial charge < -0.3 is 16.4 Å². The summed E-state index contributed by atoms with van der Waals surface area (Å²) >= 11 is 0. The predicted octanol–water partition coefficient (Wildman–Crippen LogP) is 1.22. The topological polar surface area (TPSA) is 70.4 Å². The second kappa shape index (κ2) is 7.11. The number of hydrogen-bond donors (Lipinski definition) is 3. The van der Waals surface area contributed by atoms with Gasteiger partial charge in [0.1, 0.15) is 0 Å². The summed E-state index contributed by atoms with van der Waals surface area (Å²) in [6.07, 6.45) is 4.53. The lowest BCUT2D eigenvalue weighted by atomic mass is 9.89. The minimum Gasteiger partial charge on any atom is -0.399 e. The normalized spacial score (nSPS) is 26.5. The Hall–Kier alpha value is -1.59. The quantitative estimate of drug-likeness (QED) is 0.734. The summed E-state index contributed by atoms with van der Waals surface area (Å²) in [7, 11) is 0. The largest absolute Gasteiger partial charge is 0.399 e. The van der Waals surface area contributed by atoms with Crippen LogP contribution in [0.25, 0.3) is 0 Å². The summed E-state index contributed by atoms with van der Waals surface area (Å²) < 4.78 is 0. The number of nitrogens with one attached hydrogen (secondary N) is 2. The molecule has 3 rings (SSSR count). The van der Waals surface area contributed by atoms with Crippen LogP contribution in [0.2, 0.25) is 0 Å². The van der Waals surface area contributed by atoms with E-state index in [1.165, 1.54) is 12.8 Å². The number of carbonyl (C=O) groups excluding carboxylic acids is 1. The van der Waals surface area contributed by atoms with Gasteiger partial charge in [-0.1, -0.05) is 0 Å². The lowest BCUT2D eigenvalue weighted by molar-refractivity contribution is 0.0894. The fourth-order valence-corrected chi connectivity index (χ4v) is 3.54. The van der Waals surface area contributed by atoms with Crippen LogP contribution >= 0.6 is 0 Å². The third-order valence-corrected chi connectivity index (χ3v) is 4.87. The van der Waals surface area contributed by atoms with E-state index < -0.39 is 0 Å². The molecule has 0 bridgehead atoms. The predicted molar refractivity (Wildman–Crippen MR) is 88.8 cm³/mol. The van der Waals surface area contributed by atoms with Crippen molar-refractivity contribution in [1.82, 2.24) is 15.5 Å². The fourth-order valence-electron chi connectivity index (χ4n) is 3.54. The van der Waals surface area contributed by atoms with E-state index in [2.05, 4.69) is 15.5 Å². The molecule has 1 aliphatic carbocycles. The van der Waals surface area contributed by atoms with Crippen molar-refractivity contribution in [2.75, 3.05) is 31.9 Å². The number of benzene rings is 1. The van der Waals surface area contributed by atoms with Gasteiger partial charge in [-0.25, -0.2) is 0 Å². The molecule has 0 spiro atoms. The van der Waals surface area contributed by atoms with Gasteiger partial charge in [0.25, 0.3) is 5.91 Å². The second-order valence-corrected chi connectivity index (χ2v) is 6.39. The highest BCUT2D eigenvalue weighted by Gasteiger charge is 2.27. The first-order valence-corrected chi connectivity index (χ1v) is 8.33. The summed E-state index contributed by atoms with van der Waals surface area (Å²) in [5.41, 5.74) is 7.04. The molecule has 120 valence electrons. The Balaban J connectivity index is 1.47. The van der Waals surface area contributed by atoms with Gasteiger partial charge in [-0.15, -0.1) is 0 Å². The van der Waals surface area contributed by atoms with Crippen LogP contribution in [0.15, 0.2) is 24.3 Å². The van der Waals surface area contributed by atoms with Crippen LogP contribution in [0.4, 0.5) is 5.69 Å². The minimum absolute atomic E-state index is 0.0191. The molecule has 1 aliphatic heterocycles. The summed E-state index contributed by atoms with van der Waals surface area (Å²) in [5, 5.41) is 6.57. The van der Waals surface area contributed by atoms with E-state index in [0.717, 1.165) is 39.0 Å². The number of amides is 1. The van der Waals surface area contributed by atoms with Crippen LogP contribution in [-0.4, -0.2) is 49.1 Å². The Bertz CT molecular complexity index is 488. The van der Waals surface area contributed by atoms with Gasteiger partial charge in [-0.3, -0.25) is 9.69 Å². The van der Waals surface area contributed by atoms with Crippen LogP contribution < -0.4 is 16.4 Å². The number of hydrogen-bond acceptors (Lipinski definition) is 4. The first kappa shape index (κ1) is 15.3. The first-order valence-electron chi connectivity index (χ1n) is 8.33. The third-order valence-electron chi connectivity index (χ3n) is 4.87. The monoisotopic (exact) mass is 302 g/mol. The van der Waals surface area contributed by atoms with Gasteiger partial charge in [0, 0.05) is 49.5 Å². The van der Waals surface area contributed by atoms with Gasteiger partial charge in [-0.05, 0) is 49.9 Å². The zero-order chi connectivity index (χ0) is 15.4. The Morgan fingerprint density at radius 3 is 2.36 bits per heavy atom. The Morgan fingerprint density at radius 2 is 1.73 bits per heavy atom. The second-order valence-electron chi connectivity index (χ2n) is 6.39. The van der Waals surface area contributed by atoms with Crippen molar-refractivity contribution < 1.29 is 4.79 Å². The van der Waals surface area contributed by atoms with Crippen molar-refractivity contribution in [2.24, 2.45) is 0 Å². The summed E-state index contributed by atoms with van der Waals surface area (Å²) in [6, 6.07) is 8.14. The van der Waals surface area contributed by atoms with E-state index in [1.807, 2.05) is 0 Å². The highest BCUT2D eigenvalue weighted by atomic mass is 16.1. The number of rotatable bonds is 3. The van der Waals surface area contributed by atoms with E-state index in [9.17, 15) is 4.79 Å². The molecule has 2 fully saturated rings. The summed E-state index contributed by atoms with van der Waals surface area (Å²) in [5.74, 6) is 0.0191. The molecule has 0 aromatic heterocycles. The van der Waals surface area contributed by atoms with E-state index in [-0.39, 0.29) is 5.91 Å². The molecule has 1 amide bonds. The van der Waals surface area contributed by atoms with E-state index >= 15 is 0 Å². The lowest BCUT2D eigenvalue weighted by Gasteiger charge is -2.39. The van der Waals surface area contributed by atoms with Crippen LogP contribution in [-0.2, 0) is 0 Å². The molecule has 1 aromatic rings. The maximum atomic E-state index is 12.2. The number of nitrogens with zero attached hydrogens (tertiary/aromatic N) is 1. The standard InChI is InChI=1S/C17H26N4O/c18-14-3-1-13(2-4-14)17(22)20-15-5-7-16(8-6-15)21-11-9-19-10-12-21/h1-4,15-16,19H,5-12,18H2,(H,20,22). The molecule has 5 heteroatoms. The third kappa shape index (κ3) is 3.78. The summed E-state index contributed by atoms with van der Waals surface area (Å²) in [6.45, 7) is 4.53. The molecule has 2 aliphatic rings. The van der Waals surface area contributed by atoms with Crippen LogP contribution in [0.5, 0.6) is 0 Å². The van der Waals surface area contributed by atoms with Crippen LogP contribution in [0.3, 0.4) is 0 Å². The Morgan fingerprint density at radius 1 is 1.09 bits per heavy atom. The number of nitrogens with two attached hydrogens (primary N) is 1. The van der Waals surface area contributed by atoms with Crippen molar-refractivity contribution in [3.63, 3.8) is 0 Å². The van der Waals surface area contributed by atoms with Crippen molar-refractivity contribution in [3.05, 3.63) is 29.8 Å². The number of anilines is 1. The number of piperazine rings is 1. The highest BCUT2D eigenvalue weighted by Crippen LogP contribution is 2.23. The van der Waals surface area contributed by atoms with Gasteiger partial charge >= 0.3 is 0 Å². The molecule has 0 atom stereocenters. The molecule has 0 radical (unpaired) electrons. The van der Waals surface area contributed by atoms with Gasteiger partial charge in [0.15, 0.2) is 0 Å². The van der Waals surface area contributed by atoms with Gasteiger partial charge in [0.05, 0.1) is 0 Å². The zero-order valence-electron chi connectivity index (χ0n) is 13.1. The molecule has 1 saturated carbocycles. The lowest BCUT2D eigenvalue weighted by Crippen LogP contribution is -2.50. The van der Waals surface area contributed by atoms with Gasteiger partial charge in [-0.2, -0.15) is 0 Å². The van der Waals surface area contributed by atoms with E-state index in [4.69, 9.17) is 5.73 Å². The Kier molecular flexibility index (Phi) is 4.95. The van der Waals surface area contributed by atoms with Crippen molar-refractivity contribution >= 4 is 11.6 Å². The fraction of sp³-hybridized carbons (Fsp3) is 0.588. The van der Waals surface area contributed by atoms with E-state index in [0.29, 0.717) is 23.3 Å². The van der Waals surface area contributed by atoms with Crippen LogP contribution in [0, 0.1) is 0 Å². The highest BCUT2D eigenvalue weighted by molar-refractivity contribution is 5.94. The van der Waals surface area contributed by atoms with Crippen molar-refractivity contribution in [3.8, 4) is 0 Å². The molecular weight excluding hydrogens is 276 g/mol. The zero-order valence-corrected chi connectivity index (χ0v) is 13.1. The Labute approximate surface area is 132 Å². The molecule has 0 unspecified atom stereocenters. The molecular formula is C17H26N4O. The summed E-state index contributed by atoms with van der Waals surface area (Å²) in [4.78, 5) is 14.8. The SMILES string of the molecule is Nc1ccc(C(=O)NC2CCC(N3CCNCC3)CC2)cc1. The van der Waals surface area contributed by atoms with E-state index in [1.54, 1.807) is 24.3 Å². The van der Waals surface area contributed by atoms with Crippen LogP contribution in [0.1, 0.15) is 36.0 Å². The maximum absolute atomic E-state index is 12.2. The van der Waals surface area contributed by atoms with Crippen molar-refractivity contribution in [2.45, 2.75) is 37.8 Å². The molecule has 1 heterocycles. The average Bonchev–Trinajstić information content (AvgIpc) is 2.57. The molecule has 1 saturated heterocycles.